The molecule has 0 radical (unpaired) electrons. The van der Waals surface area contributed by atoms with E-state index in [1.54, 1.807) is 0 Å². The van der Waals surface area contributed by atoms with Crippen LogP contribution in [-0.4, -0.2) is 0 Å². The fourth-order valence-corrected chi connectivity index (χ4v) is 12.0. The number of hydrogen-bond donors (Lipinski definition) is 0. The Morgan fingerprint density at radius 3 is 1.38 bits per heavy atom. The van der Waals surface area contributed by atoms with Gasteiger partial charge in [-0.25, -0.2) is 0 Å². The summed E-state index contributed by atoms with van der Waals surface area (Å²) in [4.78, 5) is 2.46. The van der Waals surface area contributed by atoms with Crippen LogP contribution in [0.5, 0.6) is 0 Å². The van der Waals surface area contributed by atoms with Crippen molar-refractivity contribution in [2.24, 2.45) is 0 Å². The average molecular weight is 880 g/mol. The van der Waals surface area contributed by atoms with Crippen LogP contribution in [-0.2, 0) is 10.8 Å². The first-order valence-electron chi connectivity index (χ1n) is 24.2. The molecule has 0 spiro atoms. The van der Waals surface area contributed by atoms with Gasteiger partial charge in [-0.15, -0.1) is 0 Å². The Balaban J connectivity index is 0.962. The summed E-state index contributed by atoms with van der Waals surface area (Å²) < 4.78 is 0. The number of para-hydroxylation sites is 1. The first-order chi connectivity index (χ1) is 34.0. The van der Waals surface area contributed by atoms with E-state index in [-0.39, 0.29) is 5.41 Å². The average Bonchev–Trinajstić information content (AvgIpc) is 3.84. The van der Waals surface area contributed by atoms with Crippen LogP contribution in [0.1, 0.15) is 47.2 Å². The second-order valence-corrected chi connectivity index (χ2v) is 19.2. The van der Waals surface area contributed by atoms with Crippen molar-refractivity contribution in [3.05, 3.63) is 294 Å². The minimum absolute atomic E-state index is 0.0629. The zero-order valence-electron chi connectivity index (χ0n) is 38.8. The monoisotopic (exact) mass is 879 g/mol. The lowest BCUT2D eigenvalue weighted by atomic mass is 9.67. The first-order valence-corrected chi connectivity index (χ1v) is 24.2. The fraction of sp³-hybridized carbons (Fsp3) is 0.0588. The van der Waals surface area contributed by atoms with Crippen molar-refractivity contribution in [3.8, 4) is 55.6 Å². The normalized spacial score (nSPS) is 13.6. The second-order valence-electron chi connectivity index (χ2n) is 19.2. The van der Waals surface area contributed by atoms with Crippen molar-refractivity contribution < 1.29 is 0 Å². The van der Waals surface area contributed by atoms with E-state index in [2.05, 4.69) is 280 Å². The third kappa shape index (κ3) is 6.31. The minimum Gasteiger partial charge on any atom is -0.310 e. The van der Waals surface area contributed by atoms with Crippen molar-refractivity contribution in [1.29, 1.82) is 0 Å². The lowest BCUT2D eigenvalue weighted by Crippen LogP contribution is -2.28. The van der Waals surface area contributed by atoms with Gasteiger partial charge < -0.3 is 4.90 Å². The van der Waals surface area contributed by atoms with Gasteiger partial charge in [0.15, 0.2) is 0 Å². The number of benzene rings is 11. The summed E-state index contributed by atoms with van der Waals surface area (Å²) in [7, 11) is 0. The molecule has 0 heterocycles. The molecule has 11 aromatic rings. The zero-order chi connectivity index (χ0) is 46.1. The summed E-state index contributed by atoms with van der Waals surface area (Å²) in [5, 5.41) is 2.50. The smallest absolute Gasteiger partial charge is 0.0714 e. The summed E-state index contributed by atoms with van der Waals surface area (Å²) in [5.41, 5.74) is 23.1. The Morgan fingerprint density at radius 2 is 0.710 bits per heavy atom. The van der Waals surface area contributed by atoms with Gasteiger partial charge in [-0.1, -0.05) is 238 Å². The maximum absolute atomic E-state index is 2.47. The molecule has 1 nitrogen and oxygen atoms in total. The van der Waals surface area contributed by atoms with Crippen molar-refractivity contribution in [2.45, 2.75) is 24.7 Å². The van der Waals surface area contributed by atoms with Gasteiger partial charge >= 0.3 is 0 Å². The van der Waals surface area contributed by atoms with Crippen LogP contribution in [0.15, 0.2) is 261 Å². The van der Waals surface area contributed by atoms with Crippen LogP contribution in [0.2, 0.25) is 0 Å². The van der Waals surface area contributed by atoms with E-state index in [1.165, 1.54) is 99.8 Å². The van der Waals surface area contributed by atoms with E-state index in [0.29, 0.717) is 0 Å². The highest BCUT2D eigenvalue weighted by Gasteiger charge is 2.46. The molecule has 69 heavy (non-hydrogen) atoms. The van der Waals surface area contributed by atoms with Gasteiger partial charge in [-0.3, -0.25) is 0 Å². The van der Waals surface area contributed by atoms with Gasteiger partial charge in [0.2, 0.25) is 0 Å². The van der Waals surface area contributed by atoms with E-state index in [1.807, 2.05) is 0 Å². The van der Waals surface area contributed by atoms with Gasteiger partial charge in [-0.2, -0.15) is 0 Å². The molecule has 0 unspecified atom stereocenters. The predicted molar refractivity (Wildman–Crippen MR) is 290 cm³/mol. The molecule has 2 aliphatic rings. The lowest BCUT2D eigenvalue weighted by Gasteiger charge is -2.35. The Hall–Kier alpha value is -8.52. The molecule has 0 N–H and O–H groups in total. The fourth-order valence-electron chi connectivity index (χ4n) is 12.0. The molecule has 326 valence electrons. The highest BCUT2D eigenvalue weighted by atomic mass is 15.1. The molecule has 2 aliphatic carbocycles. The third-order valence-corrected chi connectivity index (χ3v) is 15.2. The standard InChI is InChI=1S/C68H49N/c1-67(2)62-31-17-14-29-58(62)60-40-36-48(44-64(60)67)54-43-42-53(56-27-12-13-28-57(54)56)47-34-37-51(38-35-47)69(66-33-19-16-26-55(66)46-20-6-3-7-21-46)52-39-41-61-59-30-15-18-32-63(59)68(65(61)45-52,49-22-8-4-9-23-49)50-24-10-5-11-25-50/h3-45H,1-2H3. The summed E-state index contributed by atoms with van der Waals surface area (Å²) in [5.74, 6) is 0. The van der Waals surface area contributed by atoms with Gasteiger partial charge in [-0.05, 0) is 131 Å². The van der Waals surface area contributed by atoms with E-state index in [9.17, 15) is 0 Å². The largest absolute Gasteiger partial charge is 0.310 e. The molecule has 0 atom stereocenters. The van der Waals surface area contributed by atoms with Crippen LogP contribution >= 0.6 is 0 Å². The molecule has 0 bridgehead atoms. The Labute approximate surface area is 405 Å². The molecule has 0 fully saturated rings. The molecule has 0 saturated heterocycles. The molecule has 0 saturated carbocycles. The molecule has 0 aliphatic heterocycles. The number of hydrogen-bond acceptors (Lipinski definition) is 1. The number of anilines is 3. The first kappa shape index (κ1) is 40.7. The van der Waals surface area contributed by atoms with Gasteiger partial charge in [0.1, 0.15) is 0 Å². The van der Waals surface area contributed by atoms with Gasteiger partial charge in [0.05, 0.1) is 11.1 Å². The van der Waals surface area contributed by atoms with Crippen LogP contribution in [0.4, 0.5) is 17.1 Å². The molecule has 0 aromatic heterocycles. The molecule has 1 heteroatoms. The Kier molecular flexibility index (Phi) is 9.49. The molecule has 11 aromatic carbocycles. The van der Waals surface area contributed by atoms with Crippen LogP contribution in [0.25, 0.3) is 66.4 Å². The topological polar surface area (TPSA) is 3.24 Å². The van der Waals surface area contributed by atoms with E-state index in [4.69, 9.17) is 0 Å². The maximum atomic E-state index is 2.47. The molecule has 0 amide bonds. The lowest BCUT2D eigenvalue weighted by molar-refractivity contribution is 0.660. The van der Waals surface area contributed by atoms with Crippen LogP contribution in [0, 0.1) is 0 Å². The number of fused-ring (bicyclic) bond motifs is 7. The third-order valence-electron chi connectivity index (χ3n) is 15.2. The summed E-state index contributed by atoms with van der Waals surface area (Å²) in [6.07, 6.45) is 0. The predicted octanol–water partition coefficient (Wildman–Crippen LogP) is 18.0. The van der Waals surface area contributed by atoms with Crippen molar-refractivity contribution in [1.82, 2.24) is 0 Å². The van der Waals surface area contributed by atoms with Gasteiger partial charge in [0.25, 0.3) is 0 Å². The van der Waals surface area contributed by atoms with Gasteiger partial charge in [0, 0.05) is 22.4 Å². The van der Waals surface area contributed by atoms with Crippen molar-refractivity contribution in [3.63, 3.8) is 0 Å². The summed E-state index contributed by atoms with van der Waals surface area (Å²) in [6, 6.07) is 96.7. The molecular formula is C68H49N. The van der Waals surface area contributed by atoms with Crippen molar-refractivity contribution >= 4 is 27.8 Å². The van der Waals surface area contributed by atoms with E-state index >= 15 is 0 Å². The molecule has 13 rings (SSSR count). The van der Waals surface area contributed by atoms with E-state index in [0.717, 1.165) is 17.1 Å². The summed E-state index contributed by atoms with van der Waals surface area (Å²) >= 11 is 0. The Morgan fingerprint density at radius 1 is 0.275 bits per heavy atom. The minimum atomic E-state index is -0.521. The number of nitrogens with zero attached hydrogens (tertiary/aromatic N) is 1. The zero-order valence-corrected chi connectivity index (χ0v) is 38.8. The number of rotatable bonds is 8. The Bertz CT molecular complexity index is 3700. The highest BCUT2D eigenvalue weighted by Crippen LogP contribution is 2.58. The van der Waals surface area contributed by atoms with E-state index < -0.39 is 5.41 Å². The maximum Gasteiger partial charge on any atom is 0.0714 e. The quantitative estimate of drug-likeness (QED) is 0.147. The second kappa shape index (κ2) is 16.1. The van der Waals surface area contributed by atoms with Crippen LogP contribution in [0.3, 0.4) is 0 Å². The van der Waals surface area contributed by atoms with Crippen LogP contribution < -0.4 is 4.90 Å². The molecular weight excluding hydrogens is 831 g/mol. The summed E-state index contributed by atoms with van der Waals surface area (Å²) in [6.45, 7) is 4.72. The highest BCUT2D eigenvalue weighted by molar-refractivity contribution is 6.05. The van der Waals surface area contributed by atoms with Crippen molar-refractivity contribution in [2.75, 3.05) is 4.90 Å². The SMILES string of the molecule is CC1(C)c2ccccc2-c2ccc(-c3ccc(-c4ccc(N(c5ccc6c(c5)C(c5ccccc5)(c5ccccc5)c5ccccc5-6)c5ccccc5-c5ccccc5)cc4)c4ccccc34)cc21.